The summed E-state index contributed by atoms with van der Waals surface area (Å²) in [5.74, 6) is 1.84. The molecule has 0 aromatic carbocycles. The SMILES string of the molecule is CCC[CH](C)[Al]([CH2]C(C)C)[CH2]C(C)C. The molecule has 0 rings (SSSR count). The quantitative estimate of drug-likeness (QED) is 0.522. The van der Waals surface area contributed by atoms with Crippen molar-refractivity contribution >= 4 is 14.1 Å². The van der Waals surface area contributed by atoms with Crippen molar-refractivity contribution in [3.8, 4) is 0 Å². The minimum Gasteiger partial charge on any atom is -0.0914 e. The lowest BCUT2D eigenvalue weighted by molar-refractivity contribution is 0.657. The van der Waals surface area contributed by atoms with Crippen molar-refractivity contribution in [2.75, 3.05) is 0 Å². The second-order valence-electron chi connectivity index (χ2n) is 5.79. The summed E-state index contributed by atoms with van der Waals surface area (Å²) < 4.78 is 1.06. The zero-order valence-corrected chi connectivity index (χ0v) is 12.3. The molecule has 0 saturated carbocycles. The van der Waals surface area contributed by atoms with E-state index in [-0.39, 0.29) is 0 Å². The molecule has 84 valence electrons. The molecule has 1 heteroatoms. The lowest BCUT2D eigenvalue weighted by atomic mass is 10.2. The fraction of sp³-hybridized carbons (Fsp3) is 1.00. The summed E-state index contributed by atoms with van der Waals surface area (Å²) in [6.07, 6.45) is 2.84. The molecule has 0 saturated heterocycles. The first kappa shape index (κ1) is 14.5. The van der Waals surface area contributed by atoms with Gasteiger partial charge in [-0.3, -0.25) is 0 Å². The van der Waals surface area contributed by atoms with Gasteiger partial charge in [-0.2, -0.15) is 0 Å². The highest BCUT2D eigenvalue weighted by molar-refractivity contribution is 6.60. The summed E-state index contributed by atoms with van der Waals surface area (Å²) in [7, 11) is 0. The van der Waals surface area contributed by atoms with Crippen LogP contribution < -0.4 is 0 Å². The molecule has 0 spiro atoms. The van der Waals surface area contributed by atoms with Gasteiger partial charge in [0.05, 0.1) is 0 Å². The molecule has 0 aliphatic heterocycles. The standard InChI is InChI=1S/C5H11.2C4H9.Al/c1-3-5-4-2;2*1-4(2)3;/h3H,4-5H2,1-2H3;2*4H,1H2,2-3H3;. The zero-order valence-electron chi connectivity index (χ0n) is 11.1. The molecule has 0 bridgehead atoms. The van der Waals surface area contributed by atoms with E-state index in [1.54, 1.807) is 10.6 Å². The highest BCUT2D eigenvalue weighted by atomic mass is 27.2. The zero-order chi connectivity index (χ0) is 11.1. The smallest absolute Gasteiger partial charge is 0.0914 e. The largest absolute Gasteiger partial charge is 0.265 e. The van der Waals surface area contributed by atoms with Crippen LogP contribution in [0.1, 0.15) is 54.4 Å². The van der Waals surface area contributed by atoms with Crippen molar-refractivity contribution in [1.82, 2.24) is 0 Å². The molecule has 0 aromatic heterocycles. The molecule has 0 heterocycles. The molecule has 0 aliphatic carbocycles. The molecule has 0 nitrogen and oxygen atoms in total. The van der Waals surface area contributed by atoms with Crippen LogP contribution in [-0.2, 0) is 0 Å². The Morgan fingerprint density at radius 3 is 1.57 bits per heavy atom. The molecule has 0 aliphatic rings. The average Bonchev–Trinajstić information content (AvgIpc) is 2.01. The summed E-state index contributed by atoms with van der Waals surface area (Å²) in [6, 6.07) is 0. The first-order chi connectivity index (χ1) is 6.47. The fourth-order valence-electron chi connectivity index (χ4n) is 2.46. The van der Waals surface area contributed by atoms with Crippen LogP contribution in [0.4, 0.5) is 0 Å². The summed E-state index contributed by atoms with van der Waals surface area (Å²) >= 11 is -0.461. The van der Waals surface area contributed by atoms with Crippen LogP contribution in [0.25, 0.3) is 0 Å². The van der Waals surface area contributed by atoms with Crippen molar-refractivity contribution in [3.05, 3.63) is 0 Å². The van der Waals surface area contributed by atoms with Gasteiger partial charge in [-0.05, 0) is 0 Å². The summed E-state index contributed by atoms with van der Waals surface area (Å²) in [4.78, 5) is 0. The topological polar surface area (TPSA) is 0 Å². The average molecular weight is 212 g/mol. The minimum atomic E-state index is -0.461. The third kappa shape index (κ3) is 6.91. The molecular weight excluding hydrogens is 183 g/mol. The van der Waals surface area contributed by atoms with Gasteiger partial charge in [-0.1, -0.05) is 81.6 Å². The van der Waals surface area contributed by atoms with Gasteiger partial charge in [-0.15, -0.1) is 0 Å². The molecular formula is C13H29Al. The second-order valence-corrected chi connectivity index (χ2v) is 9.39. The van der Waals surface area contributed by atoms with Crippen LogP contribution in [0.3, 0.4) is 0 Å². The number of hydrogen-bond donors (Lipinski definition) is 0. The van der Waals surface area contributed by atoms with E-state index in [0.717, 1.165) is 16.6 Å². The number of hydrogen-bond acceptors (Lipinski definition) is 0. The lowest BCUT2D eigenvalue weighted by Gasteiger charge is -2.22. The lowest BCUT2D eigenvalue weighted by Crippen LogP contribution is -2.22. The Morgan fingerprint density at radius 1 is 0.857 bits per heavy atom. The van der Waals surface area contributed by atoms with Gasteiger partial charge in [0, 0.05) is 0 Å². The normalized spacial score (nSPS) is 13.7. The van der Waals surface area contributed by atoms with E-state index in [4.69, 9.17) is 0 Å². The van der Waals surface area contributed by atoms with E-state index in [2.05, 4.69) is 41.5 Å². The number of rotatable bonds is 7. The first-order valence-electron chi connectivity index (χ1n) is 6.47. The van der Waals surface area contributed by atoms with Crippen molar-refractivity contribution in [3.63, 3.8) is 0 Å². The monoisotopic (exact) mass is 212 g/mol. The van der Waals surface area contributed by atoms with Gasteiger partial charge in [0.2, 0.25) is 0 Å². The maximum absolute atomic E-state index is 2.51. The van der Waals surface area contributed by atoms with E-state index < -0.39 is 14.1 Å². The Labute approximate surface area is 95.9 Å². The Kier molecular flexibility index (Phi) is 8.07. The third-order valence-corrected chi connectivity index (χ3v) is 8.14. The summed E-state index contributed by atoms with van der Waals surface area (Å²) in [6.45, 7) is 14.4. The van der Waals surface area contributed by atoms with Crippen molar-refractivity contribution in [1.29, 1.82) is 0 Å². The third-order valence-electron chi connectivity index (χ3n) is 3.10. The Bertz CT molecular complexity index is 119. The molecule has 1 unspecified atom stereocenters. The van der Waals surface area contributed by atoms with Gasteiger partial charge in [-0.25, -0.2) is 0 Å². The van der Waals surface area contributed by atoms with Crippen LogP contribution in [0.5, 0.6) is 0 Å². The summed E-state index contributed by atoms with van der Waals surface area (Å²) in [5, 5.41) is 3.11. The second kappa shape index (κ2) is 7.78. The molecule has 0 fully saturated rings. The Hall–Kier alpha value is 0.532. The Morgan fingerprint density at radius 2 is 1.29 bits per heavy atom. The maximum atomic E-state index is 2.51. The molecule has 0 aromatic rings. The van der Waals surface area contributed by atoms with Crippen LogP contribution in [-0.4, -0.2) is 14.1 Å². The van der Waals surface area contributed by atoms with Crippen LogP contribution in [0.15, 0.2) is 0 Å². The van der Waals surface area contributed by atoms with Crippen molar-refractivity contribution in [2.24, 2.45) is 11.8 Å². The van der Waals surface area contributed by atoms with E-state index in [9.17, 15) is 0 Å². The molecule has 0 amide bonds. The predicted octanol–water partition coefficient (Wildman–Crippen LogP) is 4.98. The van der Waals surface area contributed by atoms with Gasteiger partial charge >= 0.3 is 0 Å². The minimum absolute atomic E-state index is 0.461. The van der Waals surface area contributed by atoms with E-state index in [1.165, 1.54) is 12.8 Å². The molecule has 14 heavy (non-hydrogen) atoms. The maximum Gasteiger partial charge on any atom is 0.265 e. The van der Waals surface area contributed by atoms with Crippen LogP contribution >= 0.6 is 0 Å². The van der Waals surface area contributed by atoms with Gasteiger partial charge < -0.3 is 0 Å². The van der Waals surface area contributed by atoms with Gasteiger partial charge in [0.15, 0.2) is 0 Å². The predicted molar refractivity (Wildman–Crippen MR) is 69.4 cm³/mol. The van der Waals surface area contributed by atoms with Gasteiger partial charge in [0.25, 0.3) is 14.1 Å². The first-order valence-corrected chi connectivity index (χ1v) is 8.77. The van der Waals surface area contributed by atoms with E-state index >= 15 is 0 Å². The fourth-order valence-corrected chi connectivity index (χ4v) is 6.81. The van der Waals surface area contributed by atoms with E-state index in [0.29, 0.717) is 0 Å². The highest BCUT2D eigenvalue weighted by Crippen LogP contribution is 2.27. The van der Waals surface area contributed by atoms with E-state index in [1.807, 2.05) is 0 Å². The van der Waals surface area contributed by atoms with Crippen molar-refractivity contribution < 1.29 is 0 Å². The highest BCUT2D eigenvalue weighted by Gasteiger charge is 2.25. The van der Waals surface area contributed by atoms with Crippen molar-refractivity contribution in [2.45, 2.75) is 69.7 Å². The van der Waals surface area contributed by atoms with Crippen LogP contribution in [0.2, 0.25) is 15.3 Å². The summed E-state index contributed by atoms with van der Waals surface area (Å²) in [5.41, 5.74) is 0. The Balaban J connectivity index is 4.08. The van der Waals surface area contributed by atoms with Crippen LogP contribution in [0, 0.1) is 11.8 Å². The van der Waals surface area contributed by atoms with Gasteiger partial charge in [0.1, 0.15) is 0 Å². The molecule has 0 N–H and O–H groups in total. The molecule has 1 atom stereocenters. The molecule has 0 radical (unpaired) electrons.